The van der Waals surface area contributed by atoms with E-state index in [1.54, 1.807) is 11.8 Å². The number of Topliss-reactive ketones (excluding diaryl/α,β-unsaturated/α-hetero) is 1. The molecule has 0 unspecified atom stereocenters. The van der Waals surface area contributed by atoms with Gasteiger partial charge in [0.25, 0.3) is 0 Å². The number of ketones is 1. The van der Waals surface area contributed by atoms with Gasteiger partial charge in [-0.05, 0) is 50.3 Å². The van der Waals surface area contributed by atoms with E-state index in [1.165, 1.54) is 0 Å². The molecular formula is C30H47ClN6O7. The zero-order valence-corrected chi connectivity index (χ0v) is 26.0. The monoisotopic (exact) mass is 638 g/mol. The van der Waals surface area contributed by atoms with Crippen LogP contribution in [0.15, 0.2) is 24.3 Å². The van der Waals surface area contributed by atoms with Gasteiger partial charge in [-0.25, -0.2) is 9.97 Å². The summed E-state index contributed by atoms with van der Waals surface area (Å²) in [5, 5.41) is 66.0. The van der Waals surface area contributed by atoms with E-state index in [-0.39, 0.29) is 48.5 Å². The number of hydrogen-bond acceptors (Lipinski definition) is 13. The van der Waals surface area contributed by atoms with Crippen LogP contribution < -0.4 is 10.6 Å². The number of aromatic nitrogens is 2. The van der Waals surface area contributed by atoms with Crippen LogP contribution in [0.25, 0.3) is 0 Å². The highest BCUT2D eigenvalue weighted by atomic mass is 35.5. The fourth-order valence-corrected chi connectivity index (χ4v) is 4.80. The molecule has 3 atom stereocenters. The highest BCUT2D eigenvalue weighted by molar-refractivity contribution is 6.30. The average molecular weight is 639 g/mol. The number of carbonyl (C=O) groups excluding carboxylic acids is 1. The van der Waals surface area contributed by atoms with Crippen molar-refractivity contribution >= 4 is 34.6 Å². The maximum absolute atomic E-state index is 12.5. The first-order valence-corrected chi connectivity index (χ1v) is 15.2. The number of nitrogens with two attached hydrogens (primary N) is 1. The Kier molecular flexibility index (Phi) is 16.7. The first-order valence-electron chi connectivity index (χ1n) is 14.8. The molecule has 0 aliphatic heterocycles. The standard InChI is InChI=1S/C30H47ClN6O7/c1-20-29(31)35-28(30(33)34-20)27(44)13-22(32)6-4-2-3-5-21-7-9-23(10-8-21)37(16-26(43)19-40)12-11-36(14-24(41)17-38)15-25(42)18-39/h7-10,24-26,32,38-43H,2-6,11-19H2,1H3,(H2,33,34)/t24-,25-,26-/m1/s1. The zero-order chi connectivity index (χ0) is 32.6. The Balaban J connectivity index is 1.86. The molecule has 14 heteroatoms. The first-order chi connectivity index (χ1) is 21.0. The van der Waals surface area contributed by atoms with E-state index >= 15 is 0 Å². The normalized spacial score (nSPS) is 13.6. The van der Waals surface area contributed by atoms with Gasteiger partial charge in [-0.2, -0.15) is 0 Å². The summed E-state index contributed by atoms with van der Waals surface area (Å²) in [4.78, 5) is 24.2. The molecule has 0 amide bonds. The third kappa shape index (κ3) is 13.1. The van der Waals surface area contributed by atoms with Crippen molar-refractivity contribution in [2.45, 2.75) is 63.8 Å². The minimum atomic E-state index is -1.00. The lowest BCUT2D eigenvalue weighted by Crippen LogP contribution is -2.45. The van der Waals surface area contributed by atoms with Crippen LogP contribution in [0.2, 0.25) is 5.15 Å². The SMILES string of the molecule is Cc1nc(N)c(C(=O)CC(=N)CCCCCc2ccc(N(CCN(C[C@@H](O)CO)C[C@@H](O)CO)C[C@@H](O)CO)cc2)nc1Cl. The molecule has 1 heterocycles. The molecule has 13 nitrogen and oxygen atoms in total. The molecule has 0 spiro atoms. The number of aliphatic hydroxyl groups is 6. The molecule has 0 aliphatic rings. The summed E-state index contributed by atoms with van der Waals surface area (Å²) in [5.41, 5.74) is 8.49. The van der Waals surface area contributed by atoms with Gasteiger partial charge in [0, 0.05) is 44.1 Å². The van der Waals surface area contributed by atoms with Crippen LogP contribution in [-0.4, -0.2) is 128 Å². The molecule has 0 fully saturated rings. The van der Waals surface area contributed by atoms with Gasteiger partial charge >= 0.3 is 0 Å². The van der Waals surface area contributed by atoms with Crippen LogP contribution in [0.5, 0.6) is 0 Å². The van der Waals surface area contributed by atoms with E-state index in [0.29, 0.717) is 30.9 Å². The Bertz CT molecular complexity index is 1160. The molecule has 9 N–H and O–H groups in total. The lowest BCUT2D eigenvalue weighted by molar-refractivity contribution is 0.0240. The molecule has 0 aliphatic carbocycles. The van der Waals surface area contributed by atoms with Crippen molar-refractivity contribution in [2.24, 2.45) is 0 Å². The van der Waals surface area contributed by atoms with Crippen molar-refractivity contribution in [2.75, 3.05) is 63.2 Å². The molecule has 1 aromatic heterocycles. The van der Waals surface area contributed by atoms with Crippen LogP contribution >= 0.6 is 11.6 Å². The van der Waals surface area contributed by atoms with E-state index in [9.17, 15) is 35.4 Å². The highest BCUT2D eigenvalue weighted by Gasteiger charge is 2.19. The van der Waals surface area contributed by atoms with Crippen molar-refractivity contribution in [1.82, 2.24) is 14.9 Å². The van der Waals surface area contributed by atoms with E-state index in [2.05, 4.69) is 9.97 Å². The topological polar surface area (TPSA) is 221 Å². The molecule has 246 valence electrons. The fraction of sp³-hybridized carbons (Fsp3) is 0.600. The highest BCUT2D eigenvalue weighted by Crippen LogP contribution is 2.19. The van der Waals surface area contributed by atoms with Crippen LogP contribution in [0, 0.1) is 12.3 Å². The van der Waals surface area contributed by atoms with Gasteiger partial charge < -0.3 is 46.7 Å². The summed E-state index contributed by atoms with van der Waals surface area (Å²) in [7, 11) is 0. The smallest absolute Gasteiger partial charge is 0.190 e. The Morgan fingerprint density at radius 1 is 0.909 bits per heavy atom. The number of nitrogens with zero attached hydrogens (tertiary/aromatic N) is 4. The fourth-order valence-electron chi connectivity index (χ4n) is 4.67. The number of rotatable bonds is 22. The van der Waals surface area contributed by atoms with Gasteiger partial charge in [0.15, 0.2) is 22.4 Å². The lowest BCUT2D eigenvalue weighted by atomic mass is 10.0. The van der Waals surface area contributed by atoms with Gasteiger partial charge in [0.2, 0.25) is 0 Å². The van der Waals surface area contributed by atoms with Crippen LogP contribution in [0.4, 0.5) is 11.5 Å². The van der Waals surface area contributed by atoms with Crippen LogP contribution in [-0.2, 0) is 6.42 Å². The largest absolute Gasteiger partial charge is 0.394 e. The molecular weight excluding hydrogens is 592 g/mol. The van der Waals surface area contributed by atoms with E-state index in [4.69, 9.17) is 22.7 Å². The molecule has 0 saturated carbocycles. The summed E-state index contributed by atoms with van der Waals surface area (Å²) in [5.74, 6) is -0.359. The van der Waals surface area contributed by atoms with Gasteiger partial charge in [0.05, 0.1) is 50.2 Å². The summed E-state index contributed by atoms with van der Waals surface area (Å²) in [6.07, 6.45) is 0.794. The number of carbonyl (C=O) groups is 1. The predicted octanol–water partition coefficient (Wildman–Crippen LogP) is 0.584. The quantitative estimate of drug-likeness (QED) is 0.0504. The zero-order valence-electron chi connectivity index (χ0n) is 25.3. The van der Waals surface area contributed by atoms with Gasteiger partial charge in [-0.15, -0.1) is 0 Å². The van der Waals surface area contributed by atoms with Gasteiger partial charge in [-0.1, -0.05) is 30.2 Å². The van der Waals surface area contributed by atoms with Crippen molar-refractivity contribution < 1.29 is 35.4 Å². The minimum Gasteiger partial charge on any atom is -0.394 e. The molecule has 2 rings (SSSR count). The van der Waals surface area contributed by atoms with Gasteiger partial charge in [-0.3, -0.25) is 9.69 Å². The average Bonchev–Trinajstić information content (AvgIpc) is 3.00. The molecule has 2 aromatic rings. The van der Waals surface area contributed by atoms with E-state index in [0.717, 1.165) is 36.9 Å². The Labute approximate surface area is 263 Å². The maximum atomic E-state index is 12.5. The molecule has 0 saturated heterocycles. The number of unbranched alkanes of at least 4 members (excludes halogenated alkanes) is 2. The number of halogens is 1. The van der Waals surface area contributed by atoms with Crippen LogP contribution in [0.3, 0.4) is 0 Å². The summed E-state index contributed by atoms with van der Waals surface area (Å²) in [6, 6.07) is 7.86. The van der Waals surface area contributed by atoms with Crippen molar-refractivity contribution in [1.29, 1.82) is 5.41 Å². The number of nitrogens with one attached hydrogen (secondary N) is 1. The number of anilines is 2. The second-order valence-electron chi connectivity index (χ2n) is 11.0. The summed E-state index contributed by atoms with van der Waals surface area (Å²) >= 11 is 5.96. The number of nitrogen functional groups attached to an aromatic ring is 1. The number of benzene rings is 1. The Morgan fingerprint density at radius 2 is 1.50 bits per heavy atom. The molecule has 1 aromatic carbocycles. The maximum Gasteiger partial charge on any atom is 0.190 e. The third-order valence-corrected chi connectivity index (χ3v) is 7.47. The predicted molar refractivity (Wildman–Crippen MR) is 169 cm³/mol. The Morgan fingerprint density at radius 3 is 2.09 bits per heavy atom. The van der Waals surface area contributed by atoms with E-state index < -0.39 is 38.1 Å². The molecule has 0 bridgehead atoms. The first kappa shape index (κ1) is 37.4. The summed E-state index contributed by atoms with van der Waals surface area (Å²) < 4.78 is 0. The van der Waals surface area contributed by atoms with Crippen LogP contribution in [0.1, 0.15) is 53.8 Å². The lowest BCUT2D eigenvalue weighted by Gasteiger charge is -2.32. The molecule has 44 heavy (non-hydrogen) atoms. The number of aryl methyl sites for hydroxylation is 2. The minimum absolute atomic E-state index is 0.00319. The molecule has 0 radical (unpaired) electrons. The van der Waals surface area contributed by atoms with Crippen molar-refractivity contribution in [3.8, 4) is 0 Å². The van der Waals surface area contributed by atoms with Gasteiger partial charge in [0.1, 0.15) is 0 Å². The van der Waals surface area contributed by atoms with Crippen molar-refractivity contribution in [3.63, 3.8) is 0 Å². The van der Waals surface area contributed by atoms with Crippen molar-refractivity contribution in [3.05, 3.63) is 46.4 Å². The summed E-state index contributed by atoms with van der Waals surface area (Å²) in [6.45, 7) is 1.51. The Hall–Kier alpha value is -2.75. The third-order valence-electron chi connectivity index (χ3n) is 7.11. The van der Waals surface area contributed by atoms with E-state index in [1.807, 2.05) is 29.2 Å². The second kappa shape index (κ2) is 19.6. The second-order valence-corrected chi connectivity index (χ2v) is 11.3. The number of hydrogen-bond donors (Lipinski definition) is 8. The number of aliphatic hydroxyl groups excluding tert-OH is 6.